The smallest absolute Gasteiger partial charge is 0.0609 e. The zero-order valence-corrected chi connectivity index (χ0v) is 14.1. The summed E-state index contributed by atoms with van der Waals surface area (Å²) in [6, 6.07) is 9.73. The summed E-state index contributed by atoms with van der Waals surface area (Å²) in [6.45, 7) is 7.07. The van der Waals surface area contributed by atoms with Crippen molar-refractivity contribution in [2.75, 3.05) is 6.54 Å². The summed E-state index contributed by atoms with van der Waals surface area (Å²) in [4.78, 5) is 4.56. The van der Waals surface area contributed by atoms with Crippen LogP contribution in [-0.2, 0) is 0 Å². The molecule has 1 aromatic carbocycles. The van der Waals surface area contributed by atoms with E-state index in [1.165, 1.54) is 0 Å². The fourth-order valence-electron chi connectivity index (χ4n) is 2.41. The van der Waals surface area contributed by atoms with E-state index in [1.807, 2.05) is 38.1 Å². The Morgan fingerprint density at radius 1 is 1.10 bits per heavy atom. The van der Waals surface area contributed by atoms with Crippen LogP contribution in [0.25, 0.3) is 0 Å². The molecule has 0 saturated carbocycles. The number of pyridine rings is 1. The van der Waals surface area contributed by atoms with Gasteiger partial charge in [0.25, 0.3) is 0 Å². The van der Waals surface area contributed by atoms with Crippen LogP contribution in [0.15, 0.2) is 30.3 Å². The average molecular weight is 323 g/mol. The van der Waals surface area contributed by atoms with Crippen LogP contribution >= 0.6 is 23.2 Å². The molecule has 1 aromatic heterocycles. The minimum Gasteiger partial charge on any atom is -0.306 e. The van der Waals surface area contributed by atoms with Crippen molar-refractivity contribution < 1.29 is 0 Å². The highest BCUT2D eigenvalue weighted by molar-refractivity contribution is 6.33. The molecular weight excluding hydrogens is 303 g/mol. The molecule has 0 aliphatic carbocycles. The Bertz CT molecular complexity index is 626. The summed E-state index contributed by atoms with van der Waals surface area (Å²) in [7, 11) is 0. The fourth-order valence-corrected chi connectivity index (χ4v) is 2.82. The molecule has 0 spiro atoms. The second-order valence-electron chi connectivity index (χ2n) is 5.18. The SMILES string of the molecule is CCCNC(c1cc(Cl)ccc1Cl)c1ccc(C)nc1C. The Labute approximate surface area is 136 Å². The zero-order chi connectivity index (χ0) is 15.4. The standard InChI is InChI=1S/C17H20Cl2N2/c1-4-9-20-17(14-7-5-11(2)21-12(14)3)15-10-13(18)6-8-16(15)19/h5-8,10,17,20H,4,9H2,1-3H3. The van der Waals surface area contributed by atoms with Gasteiger partial charge in [-0.3, -0.25) is 4.98 Å². The lowest BCUT2D eigenvalue weighted by Crippen LogP contribution is -2.24. The van der Waals surface area contributed by atoms with E-state index in [4.69, 9.17) is 23.2 Å². The maximum absolute atomic E-state index is 6.38. The van der Waals surface area contributed by atoms with E-state index < -0.39 is 0 Å². The molecule has 2 nitrogen and oxygen atoms in total. The quantitative estimate of drug-likeness (QED) is 0.828. The second-order valence-corrected chi connectivity index (χ2v) is 6.02. The highest BCUT2D eigenvalue weighted by Gasteiger charge is 2.19. The van der Waals surface area contributed by atoms with Gasteiger partial charge in [0.2, 0.25) is 0 Å². The molecule has 4 heteroatoms. The molecule has 2 aromatic rings. The van der Waals surface area contributed by atoms with E-state index in [2.05, 4.69) is 23.3 Å². The second kappa shape index (κ2) is 7.26. The number of nitrogens with zero attached hydrogens (tertiary/aromatic N) is 1. The lowest BCUT2D eigenvalue weighted by Gasteiger charge is -2.22. The van der Waals surface area contributed by atoms with Gasteiger partial charge in [0.1, 0.15) is 0 Å². The van der Waals surface area contributed by atoms with Crippen molar-refractivity contribution in [3.8, 4) is 0 Å². The number of nitrogens with one attached hydrogen (secondary N) is 1. The van der Waals surface area contributed by atoms with Crippen molar-refractivity contribution in [1.82, 2.24) is 10.3 Å². The van der Waals surface area contributed by atoms with Gasteiger partial charge < -0.3 is 5.32 Å². The topological polar surface area (TPSA) is 24.9 Å². The van der Waals surface area contributed by atoms with Gasteiger partial charge in [0.05, 0.1) is 6.04 Å². The van der Waals surface area contributed by atoms with Crippen molar-refractivity contribution in [2.45, 2.75) is 33.2 Å². The molecule has 112 valence electrons. The average Bonchev–Trinajstić information content (AvgIpc) is 2.44. The third kappa shape index (κ3) is 3.97. The normalized spacial score (nSPS) is 12.4. The van der Waals surface area contributed by atoms with Crippen LogP contribution in [0.5, 0.6) is 0 Å². The van der Waals surface area contributed by atoms with E-state index in [-0.39, 0.29) is 6.04 Å². The molecule has 0 saturated heterocycles. The number of hydrogen-bond donors (Lipinski definition) is 1. The zero-order valence-electron chi connectivity index (χ0n) is 12.6. The van der Waals surface area contributed by atoms with E-state index in [0.717, 1.165) is 35.5 Å². The van der Waals surface area contributed by atoms with E-state index in [9.17, 15) is 0 Å². The molecule has 1 heterocycles. The maximum atomic E-state index is 6.38. The molecule has 0 bridgehead atoms. The summed E-state index contributed by atoms with van der Waals surface area (Å²) in [5, 5.41) is 4.95. The van der Waals surface area contributed by atoms with Gasteiger partial charge in [-0.2, -0.15) is 0 Å². The van der Waals surface area contributed by atoms with Crippen LogP contribution in [0.4, 0.5) is 0 Å². The maximum Gasteiger partial charge on any atom is 0.0609 e. The van der Waals surface area contributed by atoms with E-state index >= 15 is 0 Å². The van der Waals surface area contributed by atoms with Gasteiger partial charge in [-0.25, -0.2) is 0 Å². The van der Waals surface area contributed by atoms with Crippen LogP contribution in [0.3, 0.4) is 0 Å². The first-order chi connectivity index (χ1) is 10.0. The minimum atomic E-state index is 0.00394. The first kappa shape index (κ1) is 16.3. The van der Waals surface area contributed by atoms with Crippen molar-refractivity contribution in [2.24, 2.45) is 0 Å². The van der Waals surface area contributed by atoms with Crippen LogP contribution in [0, 0.1) is 13.8 Å². The van der Waals surface area contributed by atoms with Crippen LogP contribution in [-0.4, -0.2) is 11.5 Å². The molecule has 1 unspecified atom stereocenters. The van der Waals surface area contributed by atoms with Gasteiger partial charge in [0, 0.05) is 21.4 Å². The summed E-state index contributed by atoms with van der Waals surface area (Å²) >= 11 is 12.5. The molecule has 0 radical (unpaired) electrons. The Morgan fingerprint density at radius 2 is 1.86 bits per heavy atom. The summed E-state index contributed by atoms with van der Waals surface area (Å²) in [5.74, 6) is 0. The number of rotatable bonds is 5. The summed E-state index contributed by atoms with van der Waals surface area (Å²) in [5.41, 5.74) is 4.16. The molecule has 0 amide bonds. The largest absolute Gasteiger partial charge is 0.306 e. The molecule has 0 aliphatic heterocycles. The van der Waals surface area contributed by atoms with Crippen LogP contribution < -0.4 is 5.32 Å². The Hall–Kier alpha value is -1.09. The fraction of sp³-hybridized carbons (Fsp3) is 0.353. The molecule has 0 aliphatic rings. The Kier molecular flexibility index (Phi) is 5.63. The van der Waals surface area contributed by atoms with Crippen molar-refractivity contribution in [3.05, 3.63) is 62.9 Å². The first-order valence-corrected chi connectivity index (χ1v) is 7.91. The van der Waals surface area contributed by atoms with Crippen LogP contribution in [0.1, 0.15) is 41.9 Å². The predicted molar refractivity (Wildman–Crippen MR) is 90.3 cm³/mol. The molecule has 2 rings (SSSR count). The van der Waals surface area contributed by atoms with Gasteiger partial charge in [-0.15, -0.1) is 0 Å². The number of aryl methyl sites for hydroxylation is 2. The summed E-state index contributed by atoms with van der Waals surface area (Å²) in [6.07, 6.45) is 1.05. The third-order valence-electron chi connectivity index (χ3n) is 3.44. The monoisotopic (exact) mass is 322 g/mol. The van der Waals surface area contributed by atoms with Crippen molar-refractivity contribution in [3.63, 3.8) is 0 Å². The Morgan fingerprint density at radius 3 is 2.52 bits per heavy atom. The van der Waals surface area contributed by atoms with Crippen LogP contribution in [0.2, 0.25) is 10.0 Å². The van der Waals surface area contributed by atoms with Gasteiger partial charge >= 0.3 is 0 Å². The first-order valence-electron chi connectivity index (χ1n) is 7.15. The highest BCUT2D eigenvalue weighted by atomic mass is 35.5. The highest BCUT2D eigenvalue weighted by Crippen LogP contribution is 2.31. The summed E-state index contributed by atoms with van der Waals surface area (Å²) < 4.78 is 0. The predicted octanol–water partition coefficient (Wildman–Crippen LogP) is 5.09. The third-order valence-corrected chi connectivity index (χ3v) is 4.02. The van der Waals surface area contributed by atoms with Crippen molar-refractivity contribution in [1.29, 1.82) is 0 Å². The molecule has 21 heavy (non-hydrogen) atoms. The van der Waals surface area contributed by atoms with Gasteiger partial charge in [-0.05, 0) is 62.2 Å². The number of benzene rings is 1. The lowest BCUT2D eigenvalue weighted by molar-refractivity contribution is 0.594. The number of halogens is 2. The van der Waals surface area contributed by atoms with E-state index in [0.29, 0.717) is 10.0 Å². The Balaban J connectivity index is 2.49. The molecule has 1 atom stereocenters. The number of aromatic nitrogens is 1. The van der Waals surface area contributed by atoms with Gasteiger partial charge in [-0.1, -0.05) is 36.2 Å². The van der Waals surface area contributed by atoms with E-state index in [1.54, 1.807) is 0 Å². The molecule has 1 N–H and O–H groups in total. The minimum absolute atomic E-state index is 0.00394. The molecule has 0 fully saturated rings. The molecular formula is C17H20Cl2N2. The van der Waals surface area contributed by atoms with Gasteiger partial charge in [0.15, 0.2) is 0 Å². The van der Waals surface area contributed by atoms with Crippen molar-refractivity contribution >= 4 is 23.2 Å². The number of hydrogen-bond acceptors (Lipinski definition) is 2. The lowest BCUT2D eigenvalue weighted by atomic mass is 9.97.